The van der Waals surface area contributed by atoms with Gasteiger partial charge in [0, 0.05) is 26.0 Å². The predicted molar refractivity (Wildman–Crippen MR) is 126 cm³/mol. The molecule has 30 heavy (non-hydrogen) atoms. The standard InChI is InChI=1S/C21H24FN5O2.HI/c1-23-21(25-10-12-29-18-6-4-17(28-2)5-7-18)26-14-16-3-8-20(19(22)13-16)27-11-9-24-15-27;/h3-9,11,13,15H,10,12,14H2,1-2H3,(H2,23,25,26);1H. The number of methoxy groups -OCH3 is 1. The molecule has 0 atom stereocenters. The van der Waals surface area contributed by atoms with Crippen molar-refractivity contribution in [2.45, 2.75) is 6.54 Å². The maximum Gasteiger partial charge on any atom is 0.191 e. The van der Waals surface area contributed by atoms with Gasteiger partial charge >= 0.3 is 0 Å². The van der Waals surface area contributed by atoms with Crippen molar-refractivity contribution in [2.75, 3.05) is 27.3 Å². The summed E-state index contributed by atoms with van der Waals surface area (Å²) in [6.45, 7) is 1.49. The zero-order valence-corrected chi connectivity index (χ0v) is 19.2. The van der Waals surface area contributed by atoms with Gasteiger partial charge in [-0.15, -0.1) is 24.0 Å². The number of hydrogen-bond donors (Lipinski definition) is 2. The van der Waals surface area contributed by atoms with E-state index in [1.54, 1.807) is 43.5 Å². The minimum atomic E-state index is -0.307. The SMILES string of the molecule is CN=C(NCCOc1ccc(OC)cc1)NCc1ccc(-n2ccnc2)c(F)c1.I. The van der Waals surface area contributed by atoms with Crippen molar-refractivity contribution < 1.29 is 13.9 Å². The van der Waals surface area contributed by atoms with Gasteiger partial charge in [-0.05, 0) is 42.0 Å². The number of benzene rings is 2. The van der Waals surface area contributed by atoms with Crippen molar-refractivity contribution in [3.8, 4) is 17.2 Å². The number of guanidine groups is 1. The van der Waals surface area contributed by atoms with Crippen LogP contribution in [0.2, 0.25) is 0 Å². The number of imidazole rings is 1. The topological polar surface area (TPSA) is 72.7 Å². The van der Waals surface area contributed by atoms with E-state index in [1.165, 1.54) is 6.07 Å². The van der Waals surface area contributed by atoms with Crippen LogP contribution in [0.4, 0.5) is 4.39 Å². The molecule has 3 aromatic rings. The molecule has 0 spiro atoms. The first-order chi connectivity index (χ1) is 14.2. The molecule has 0 fully saturated rings. The molecular formula is C21H25FIN5O2. The molecule has 0 aliphatic heterocycles. The van der Waals surface area contributed by atoms with Crippen LogP contribution in [0, 0.1) is 5.82 Å². The van der Waals surface area contributed by atoms with E-state index < -0.39 is 0 Å². The zero-order chi connectivity index (χ0) is 20.5. The molecule has 0 unspecified atom stereocenters. The minimum absolute atomic E-state index is 0. The summed E-state index contributed by atoms with van der Waals surface area (Å²) in [5.41, 5.74) is 1.27. The Hall–Kier alpha value is -2.82. The van der Waals surface area contributed by atoms with Gasteiger partial charge in [0.15, 0.2) is 5.96 Å². The van der Waals surface area contributed by atoms with Crippen molar-refractivity contribution in [2.24, 2.45) is 4.99 Å². The largest absolute Gasteiger partial charge is 0.497 e. The number of rotatable bonds is 8. The molecule has 0 saturated heterocycles. The third kappa shape index (κ3) is 6.61. The van der Waals surface area contributed by atoms with E-state index >= 15 is 0 Å². The van der Waals surface area contributed by atoms with Crippen LogP contribution in [0.15, 0.2) is 66.2 Å². The van der Waals surface area contributed by atoms with Gasteiger partial charge in [0.05, 0.1) is 25.7 Å². The first-order valence-corrected chi connectivity index (χ1v) is 9.17. The van der Waals surface area contributed by atoms with Crippen LogP contribution in [0.3, 0.4) is 0 Å². The molecule has 0 bridgehead atoms. The van der Waals surface area contributed by atoms with E-state index in [9.17, 15) is 4.39 Å². The highest BCUT2D eigenvalue weighted by molar-refractivity contribution is 14.0. The van der Waals surface area contributed by atoms with Gasteiger partial charge in [0.25, 0.3) is 0 Å². The van der Waals surface area contributed by atoms with Crippen LogP contribution in [0.25, 0.3) is 5.69 Å². The molecule has 0 aliphatic rings. The normalized spacial score (nSPS) is 10.8. The molecule has 0 saturated carbocycles. The lowest BCUT2D eigenvalue weighted by Gasteiger charge is -2.13. The van der Waals surface area contributed by atoms with Crippen molar-refractivity contribution in [1.82, 2.24) is 20.2 Å². The molecule has 0 radical (unpaired) electrons. The fourth-order valence-corrected chi connectivity index (χ4v) is 2.69. The smallest absolute Gasteiger partial charge is 0.191 e. The maximum atomic E-state index is 14.3. The highest BCUT2D eigenvalue weighted by Crippen LogP contribution is 2.17. The van der Waals surface area contributed by atoms with Crippen molar-refractivity contribution in [1.29, 1.82) is 0 Å². The number of aromatic nitrogens is 2. The Labute approximate surface area is 192 Å². The molecule has 2 aromatic carbocycles. The van der Waals surface area contributed by atoms with E-state index in [1.807, 2.05) is 30.3 Å². The predicted octanol–water partition coefficient (Wildman–Crippen LogP) is 3.38. The number of aliphatic imine (C=N–C) groups is 1. The third-order valence-corrected chi connectivity index (χ3v) is 4.20. The molecule has 1 heterocycles. The minimum Gasteiger partial charge on any atom is -0.497 e. The Balaban J connectivity index is 0.00000320. The second-order valence-corrected chi connectivity index (χ2v) is 6.13. The van der Waals surface area contributed by atoms with Gasteiger partial charge in [-0.2, -0.15) is 0 Å². The molecule has 0 aliphatic carbocycles. The molecular weight excluding hydrogens is 500 g/mol. The number of ether oxygens (including phenoxy) is 2. The molecule has 0 amide bonds. The van der Waals surface area contributed by atoms with E-state index in [-0.39, 0.29) is 29.8 Å². The number of nitrogens with zero attached hydrogens (tertiary/aromatic N) is 3. The fourth-order valence-electron chi connectivity index (χ4n) is 2.69. The van der Waals surface area contributed by atoms with Crippen LogP contribution in [0.1, 0.15) is 5.56 Å². The second-order valence-electron chi connectivity index (χ2n) is 6.13. The molecule has 160 valence electrons. The van der Waals surface area contributed by atoms with E-state index in [2.05, 4.69) is 20.6 Å². The lowest BCUT2D eigenvalue weighted by atomic mass is 10.2. The van der Waals surface area contributed by atoms with Gasteiger partial charge in [0.1, 0.15) is 23.9 Å². The summed E-state index contributed by atoms with van der Waals surface area (Å²) in [5, 5.41) is 6.33. The second kappa shape index (κ2) is 12.0. The Morgan fingerprint density at radius 3 is 2.53 bits per heavy atom. The van der Waals surface area contributed by atoms with Gasteiger partial charge in [0.2, 0.25) is 0 Å². The zero-order valence-electron chi connectivity index (χ0n) is 16.8. The maximum absolute atomic E-state index is 14.3. The quantitative estimate of drug-likeness (QED) is 0.204. The Morgan fingerprint density at radius 2 is 1.90 bits per heavy atom. The van der Waals surface area contributed by atoms with Crippen LogP contribution < -0.4 is 20.1 Å². The number of halogens is 2. The highest BCUT2D eigenvalue weighted by Gasteiger charge is 2.06. The molecule has 2 N–H and O–H groups in total. The van der Waals surface area contributed by atoms with Crippen molar-refractivity contribution >= 4 is 29.9 Å². The Morgan fingerprint density at radius 1 is 1.13 bits per heavy atom. The first kappa shape index (κ1) is 23.5. The average molecular weight is 525 g/mol. The monoisotopic (exact) mass is 525 g/mol. The molecule has 7 nitrogen and oxygen atoms in total. The van der Waals surface area contributed by atoms with Gasteiger partial charge in [-0.1, -0.05) is 6.07 Å². The summed E-state index contributed by atoms with van der Waals surface area (Å²) in [7, 11) is 3.31. The third-order valence-electron chi connectivity index (χ3n) is 4.20. The summed E-state index contributed by atoms with van der Waals surface area (Å²) < 4.78 is 26.8. The van der Waals surface area contributed by atoms with Gasteiger partial charge in [-0.25, -0.2) is 9.37 Å². The molecule has 1 aromatic heterocycles. The number of hydrogen-bond acceptors (Lipinski definition) is 4. The summed E-state index contributed by atoms with van der Waals surface area (Å²) >= 11 is 0. The first-order valence-electron chi connectivity index (χ1n) is 9.17. The summed E-state index contributed by atoms with van der Waals surface area (Å²) in [6, 6.07) is 12.5. The van der Waals surface area contributed by atoms with E-state index in [0.717, 1.165) is 17.1 Å². The van der Waals surface area contributed by atoms with Gasteiger partial charge in [-0.3, -0.25) is 4.99 Å². The van der Waals surface area contributed by atoms with Crippen LogP contribution >= 0.6 is 24.0 Å². The van der Waals surface area contributed by atoms with Crippen LogP contribution in [0.5, 0.6) is 11.5 Å². The average Bonchev–Trinajstić information content (AvgIpc) is 3.28. The summed E-state index contributed by atoms with van der Waals surface area (Å²) in [6.07, 6.45) is 4.88. The highest BCUT2D eigenvalue weighted by atomic mass is 127. The summed E-state index contributed by atoms with van der Waals surface area (Å²) in [5.74, 6) is 1.86. The number of nitrogens with one attached hydrogen (secondary N) is 2. The van der Waals surface area contributed by atoms with E-state index in [4.69, 9.17) is 9.47 Å². The van der Waals surface area contributed by atoms with Gasteiger partial charge < -0.3 is 24.7 Å². The van der Waals surface area contributed by atoms with E-state index in [0.29, 0.717) is 31.3 Å². The molecule has 9 heteroatoms. The lowest BCUT2D eigenvalue weighted by molar-refractivity contribution is 0.321. The Bertz CT molecular complexity index is 933. The van der Waals surface area contributed by atoms with Crippen molar-refractivity contribution in [3.63, 3.8) is 0 Å². The lowest BCUT2D eigenvalue weighted by Crippen LogP contribution is -2.38. The van der Waals surface area contributed by atoms with Crippen molar-refractivity contribution in [3.05, 3.63) is 72.6 Å². The molecule has 3 rings (SSSR count). The Kier molecular flexibility index (Phi) is 9.39. The summed E-state index contributed by atoms with van der Waals surface area (Å²) in [4.78, 5) is 8.11. The van der Waals surface area contributed by atoms with Crippen LogP contribution in [-0.2, 0) is 6.54 Å². The van der Waals surface area contributed by atoms with Crippen LogP contribution in [-0.4, -0.2) is 42.8 Å². The fraction of sp³-hybridized carbons (Fsp3) is 0.238.